The van der Waals surface area contributed by atoms with Crippen molar-refractivity contribution >= 4 is 17.6 Å². The number of hydrogen-bond acceptors (Lipinski definition) is 3. The summed E-state index contributed by atoms with van der Waals surface area (Å²) in [5.74, 6) is -0.160. The van der Waals surface area contributed by atoms with Crippen LogP contribution in [-0.2, 0) is 11.3 Å². The van der Waals surface area contributed by atoms with E-state index in [2.05, 4.69) is 11.0 Å². The number of ether oxygens (including phenoxy) is 1. The van der Waals surface area contributed by atoms with Gasteiger partial charge in [-0.25, -0.2) is 0 Å². The molecule has 0 spiro atoms. The van der Waals surface area contributed by atoms with Crippen LogP contribution < -0.4 is 4.74 Å². The van der Waals surface area contributed by atoms with Gasteiger partial charge in [-0.3, -0.25) is 9.69 Å². The van der Waals surface area contributed by atoms with E-state index in [0.717, 1.165) is 36.5 Å². The van der Waals surface area contributed by atoms with Crippen LogP contribution in [0.4, 0.5) is 0 Å². The van der Waals surface area contributed by atoms with Gasteiger partial charge < -0.3 is 9.84 Å². The first kappa shape index (κ1) is 15.1. The van der Waals surface area contributed by atoms with E-state index in [1.165, 1.54) is 0 Å². The molecule has 0 bridgehead atoms. The molecule has 1 aromatic rings. The summed E-state index contributed by atoms with van der Waals surface area (Å²) in [7, 11) is 1.62. The Morgan fingerprint density at radius 3 is 2.65 bits per heavy atom. The molecule has 1 fully saturated rings. The van der Waals surface area contributed by atoms with Crippen LogP contribution in [0.3, 0.4) is 0 Å². The van der Waals surface area contributed by atoms with Crippen LogP contribution in [-0.4, -0.2) is 36.2 Å². The first-order valence-electron chi connectivity index (χ1n) is 6.79. The highest BCUT2D eigenvalue weighted by atomic mass is 35.5. The molecular weight excluding hydrogens is 278 g/mol. The van der Waals surface area contributed by atoms with Crippen molar-refractivity contribution in [3.8, 4) is 5.75 Å². The molecule has 1 aromatic carbocycles. The lowest BCUT2D eigenvalue weighted by atomic mass is 9.96. The summed E-state index contributed by atoms with van der Waals surface area (Å²) in [5, 5.41) is 9.64. The third-order valence-electron chi connectivity index (χ3n) is 3.80. The molecule has 1 saturated heterocycles. The second-order valence-corrected chi connectivity index (χ2v) is 5.73. The number of carbonyl (C=O) groups is 1. The van der Waals surface area contributed by atoms with E-state index in [1.807, 2.05) is 13.0 Å². The van der Waals surface area contributed by atoms with E-state index in [1.54, 1.807) is 7.11 Å². The third kappa shape index (κ3) is 3.44. The number of likely N-dealkylation sites (tertiary alicyclic amines) is 1. The number of piperidine rings is 1. The maximum absolute atomic E-state index is 11.0. The largest absolute Gasteiger partial charge is 0.495 e. The number of carboxylic acids is 1. The molecule has 0 radical (unpaired) electrons. The zero-order valence-corrected chi connectivity index (χ0v) is 12.6. The molecule has 5 heteroatoms. The zero-order chi connectivity index (χ0) is 14.7. The van der Waals surface area contributed by atoms with Crippen molar-refractivity contribution in [3.63, 3.8) is 0 Å². The molecule has 1 heterocycles. The lowest BCUT2D eigenvalue weighted by Crippen LogP contribution is -2.35. The minimum Gasteiger partial charge on any atom is -0.495 e. The minimum absolute atomic E-state index is 0.200. The molecule has 1 aliphatic rings. The van der Waals surface area contributed by atoms with Crippen molar-refractivity contribution < 1.29 is 14.6 Å². The van der Waals surface area contributed by atoms with Crippen molar-refractivity contribution in [2.75, 3.05) is 20.2 Å². The van der Waals surface area contributed by atoms with Crippen LogP contribution >= 0.6 is 11.6 Å². The SMILES string of the molecule is COc1c(Cl)cc(C)cc1CN1CCC(C(=O)O)CC1. The highest BCUT2D eigenvalue weighted by Crippen LogP contribution is 2.31. The fourth-order valence-corrected chi connectivity index (χ4v) is 3.10. The summed E-state index contributed by atoms with van der Waals surface area (Å²) in [5.41, 5.74) is 2.16. The van der Waals surface area contributed by atoms with Gasteiger partial charge in [-0.05, 0) is 44.5 Å². The molecular formula is C15H20ClNO3. The lowest BCUT2D eigenvalue weighted by molar-refractivity contribution is -0.143. The number of methoxy groups -OCH3 is 1. The van der Waals surface area contributed by atoms with E-state index in [0.29, 0.717) is 17.9 Å². The van der Waals surface area contributed by atoms with Gasteiger partial charge in [-0.2, -0.15) is 0 Å². The van der Waals surface area contributed by atoms with Gasteiger partial charge in [0.1, 0.15) is 5.75 Å². The van der Waals surface area contributed by atoms with Gasteiger partial charge in [0, 0.05) is 12.1 Å². The lowest BCUT2D eigenvalue weighted by Gasteiger charge is -2.30. The molecule has 0 unspecified atom stereocenters. The average Bonchev–Trinajstić information content (AvgIpc) is 2.39. The molecule has 2 rings (SSSR count). The summed E-state index contributed by atoms with van der Waals surface area (Å²) in [4.78, 5) is 13.2. The number of aliphatic carboxylic acids is 1. The number of halogens is 1. The Hall–Kier alpha value is -1.26. The van der Waals surface area contributed by atoms with Gasteiger partial charge in [0.25, 0.3) is 0 Å². The summed E-state index contributed by atoms with van der Waals surface area (Å²) in [6.45, 7) is 4.35. The molecule has 0 atom stereocenters. The Labute approximate surface area is 124 Å². The van der Waals surface area contributed by atoms with Crippen LogP contribution in [0.25, 0.3) is 0 Å². The summed E-state index contributed by atoms with van der Waals surface area (Å²) in [6, 6.07) is 3.97. The van der Waals surface area contributed by atoms with Crippen LogP contribution in [0.15, 0.2) is 12.1 Å². The molecule has 0 saturated carbocycles. The highest BCUT2D eigenvalue weighted by Gasteiger charge is 2.25. The van der Waals surface area contributed by atoms with Gasteiger partial charge in [-0.1, -0.05) is 17.7 Å². The molecule has 20 heavy (non-hydrogen) atoms. The predicted molar refractivity (Wildman–Crippen MR) is 78.4 cm³/mol. The fraction of sp³-hybridized carbons (Fsp3) is 0.533. The Bertz CT molecular complexity index is 496. The van der Waals surface area contributed by atoms with E-state index in [-0.39, 0.29) is 5.92 Å². The van der Waals surface area contributed by atoms with Crippen LogP contribution in [0, 0.1) is 12.8 Å². The summed E-state index contributed by atoms with van der Waals surface area (Å²) < 4.78 is 5.38. The summed E-state index contributed by atoms with van der Waals surface area (Å²) >= 11 is 6.20. The van der Waals surface area contributed by atoms with E-state index < -0.39 is 5.97 Å². The van der Waals surface area contributed by atoms with Gasteiger partial charge >= 0.3 is 5.97 Å². The first-order chi connectivity index (χ1) is 9.51. The van der Waals surface area contributed by atoms with Gasteiger partial charge in [0.15, 0.2) is 0 Å². The third-order valence-corrected chi connectivity index (χ3v) is 4.08. The zero-order valence-electron chi connectivity index (χ0n) is 11.9. The van der Waals surface area contributed by atoms with Crippen molar-refractivity contribution in [3.05, 3.63) is 28.3 Å². The molecule has 0 aromatic heterocycles. The van der Waals surface area contributed by atoms with Crippen molar-refractivity contribution in [2.24, 2.45) is 5.92 Å². The van der Waals surface area contributed by atoms with Crippen LogP contribution in [0.2, 0.25) is 5.02 Å². The van der Waals surface area contributed by atoms with E-state index in [4.69, 9.17) is 21.4 Å². The number of nitrogens with zero attached hydrogens (tertiary/aromatic N) is 1. The number of rotatable bonds is 4. The maximum Gasteiger partial charge on any atom is 0.306 e. The number of benzene rings is 1. The van der Waals surface area contributed by atoms with Gasteiger partial charge in [-0.15, -0.1) is 0 Å². The van der Waals surface area contributed by atoms with Gasteiger partial charge in [0.05, 0.1) is 18.1 Å². The smallest absolute Gasteiger partial charge is 0.306 e. The van der Waals surface area contributed by atoms with E-state index in [9.17, 15) is 4.79 Å². The number of aryl methyl sites for hydroxylation is 1. The number of hydrogen-bond donors (Lipinski definition) is 1. The monoisotopic (exact) mass is 297 g/mol. The standard InChI is InChI=1S/C15H20ClNO3/c1-10-7-12(14(20-2)13(16)8-10)9-17-5-3-11(4-6-17)15(18)19/h7-8,11H,3-6,9H2,1-2H3,(H,18,19). The Kier molecular flexibility index (Phi) is 4.89. The van der Waals surface area contributed by atoms with Crippen molar-refractivity contribution in [1.29, 1.82) is 0 Å². The van der Waals surface area contributed by atoms with Crippen molar-refractivity contribution in [2.45, 2.75) is 26.3 Å². The fourth-order valence-electron chi connectivity index (χ4n) is 2.73. The van der Waals surface area contributed by atoms with E-state index >= 15 is 0 Å². The molecule has 1 aliphatic heterocycles. The Morgan fingerprint density at radius 1 is 1.45 bits per heavy atom. The van der Waals surface area contributed by atoms with Gasteiger partial charge in [0.2, 0.25) is 0 Å². The first-order valence-corrected chi connectivity index (χ1v) is 7.17. The summed E-state index contributed by atoms with van der Waals surface area (Å²) in [6.07, 6.45) is 1.41. The second kappa shape index (κ2) is 6.46. The molecule has 0 amide bonds. The molecule has 4 nitrogen and oxygen atoms in total. The molecule has 110 valence electrons. The topological polar surface area (TPSA) is 49.8 Å². The van der Waals surface area contributed by atoms with Crippen LogP contribution in [0.5, 0.6) is 5.75 Å². The second-order valence-electron chi connectivity index (χ2n) is 5.33. The Balaban J connectivity index is 2.06. The Morgan fingerprint density at radius 2 is 2.10 bits per heavy atom. The quantitative estimate of drug-likeness (QED) is 0.928. The molecule has 0 aliphatic carbocycles. The predicted octanol–water partition coefficient (Wildman–Crippen LogP) is 2.95. The molecule has 1 N–H and O–H groups in total. The minimum atomic E-state index is -0.680. The normalized spacial score (nSPS) is 17.1. The highest BCUT2D eigenvalue weighted by molar-refractivity contribution is 6.32. The maximum atomic E-state index is 11.0. The van der Waals surface area contributed by atoms with Crippen molar-refractivity contribution in [1.82, 2.24) is 4.90 Å². The van der Waals surface area contributed by atoms with Crippen LogP contribution in [0.1, 0.15) is 24.0 Å². The number of carboxylic acid groups (broad SMARTS) is 1. The average molecular weight is 298 g/mol.